The van der Waals surface area contributed by atoms with Crippen LogP contribution in [0.25, 0.3) is 27.8 Å². The lowest BCUT2D eigenvalue weighted by Crippen LogP contribution is -1.92. The molecule has 0 amide bonds. The Labute approximate surface area is 124 Å². The molecule has 2 nitrogen and oxygen atoms in total. The number of nitrogens with zero attached hydrogens (tertiary/aromatic N) is 2. The zero-order valence-electron chi connectivity index (χ0n) is 10.6. The van der Waals surface area contributed by atoms with Crippen molar-refractivity contribution in [3.8, 4) is 11.4 Å². The predicted octanol–water partition coefficient (Wildman–Crippen LogP) is 4.92. The summed E-state index contributed by atoms with van der Waals surface area (Å²) >= 11 is 3.66. The summed E-state index contributed by atoms with van der Waals surface area (Å²) in [5, 5.41) is 1.20. The maximum atomic E-state index is 4.60. The lowest BCUT2D eigenvalue weighted by molar-refractivity contribution is 1.21. The van der Waals surface area contributed by atoms with Crippen molar-refractivity contribution in [2.24, 2.45) is 0 Å². The fraction of sp³-hybridized carbons (Fsp3) is 0. The van der Waals surface area contributed by atoms with E-state index in [1.807, 2.05) is 24.4 Å². The van der Waals surface area contributed by atoms with Crippen molar-refractivity contribution in [2.45, 2.75) is 0 Å². The number of aromatic nitrogens is 2. The van der Waals surface area contributed by atoms with Crippen LogP contribution in [0.15, 0.2) is 71.3 Å². The van der Waals surface area contributed by atoms with E-state index in [0.29, 0.717) is 0 Å². The Morgan fingerprint density at radius 2 is 1.70 bits per heavy atom. The quantitative estimate of drug-likeness (QED) is 0.486. The molecular formula is C17H11BrN2. The van der Waals surface area contributed by atoms with Crippen molar-refractivity contribution in [3.05, 3.63) is 71.3 Å². The lowest BCUT2D eigenvalue weighted by atomic mass is 10.2. The molecule has 3 heteroatoms. The number of halogens is 1. The van der Waals surface area contributed by atoms with Gasteiger partial charge in [-0.2, -0.15) is 0 Å². The normalized spacial score (nSPS) is 11.2. The van der Waals surface area contributed by atoms with Gasteiger partial charge >= 0.3 is 0 Å². The van der Waals surface area contributed by atoms with E-state index in [1.165, 1.54) is 5.39 Å². The van der Waals surface area contributed by atoms with Gasteiger partial charge in [-0.25, -0.2) is 4.98 Å². The van der Waals surface area contributed by atoms with Gasteiger partial charge in [0.05, 0.1) is 17.2 Å². The van der Waals surface area contributed by atoms with E-state index >= 15 is 0 Å². The van der Waals surface area contributed by atoms with Crippen LogP contribution in [0, 0.1) is 0 Å². The summed E-state index contributed by atoms with van der Waals surface area (Å²) in [6.07, 6.45) is 1.92. The Balaban J connectivity index is 2.19. The highest BCUT2D eigenvalue weighted by molar-refractivity contribution is 9.10. The van der Waals surface area contributed by atoms with Crippen LogP contribution in [-0.2, 0) is 0 Å². The number of hydrogen-bond donors (Lipinski definition) is 0. The molecule has 0 aliphatic heterocycles. The van der Waals surface area contributed by atoms with Gasteiger partial charge in [-0.1, -0.05) is 48.5 Å². The second-order valence-electron chi connectivity index (χ2n) is 4.72. The topological polar surface area (TPSA) is 17.3 Å². The Morgan fingerprint density at radius 3 is 2.55 bits per heavy atom. The number of rotatable bonds is 1. The SMILES string of the molecule is Brc1cccc2ccc3cnc(-c4ccccc4)n3c12. The average Bonchev–Trinajstić information content (AvgIpc) is 2.92. The molecule has 4 aromatic rings. The molecule has 2 aromatic heterocycles. The van der Waals surface area contributed by atoms with Crippen molar-refractivity contribution >= 4 is 32.3 Å². The summed E-state index contributed by atoms with van der Waals surface area (Å²) in [4.78, 5) is 4.60. The van der Waals surface area contributed by atoms with E-state index in [1.54, 1.807) is 0 Å². The minimum absolute atomic E-state index is 0.970. The predicted molar refractivity (Wildman–Crippen MR) is 85.8 cm³/mol. The summed E-state index contributed by atoms with van der Waals surface area (Å²) in [5.74, 6) is 0.970. The molecule has 0 aliphatic rings. The molecule has 0 fully saturated rings. The van der Waals surface area contributed by atoms with E-state index in [2.05, 4.69) is 67.8 Å². The monoisotopic (exact) mass is 322 g/mol. The largest absolute Gasteiger partial charge is 0.291 e. The van der Waals surface area contributed by atoms with E-state index in [-0.39, 0.29) is 0 Å². The Bertz CT molecular complexity index is 910. The first-order valence-corrected chi connectivity index (χ1v) is 7.24. The van der Waals surface area contributed by atoms with Crippen molar-refractivity contribution in [3.63, 3.8) is 0 Å². The van der Waals surface area contributed by atoms with Crippen LogP contribution in [0.3, 0.4) is 0 Å². The van der Waals surface area contributed by atoms with Crippen molar-refractivity contribution < 1.29 is 0 Å². The first-order valence-electron chi connectivity index (χ1n) is 6.45. The molecule has 2 heterocycles. The minimum Gasteiger partial charge on any atom is -0.291 e. The molecule has 0 spiro atoms. The van der Waals surface area contributed by atoms with Crippen LogP contribution in [0.5, 0.6) is 0 Å². The third-order valence-electron chi connectivity index (χ3n) is 3.50. The van der Waals surface area contributed by atoms with Crippen molar-refractivity contribution in [1.82, 2.24) is 9.38 Å². The van der Waals surface area contributed by atoms with Crippen LogP contribution in [0.4, 0.5) is 0 Å². The van der Waals surface area contributed by atoms with Crippen LogP contribution >= 0.6 is 15.9 Å². The van der Waals surface area contributed by atoms with Crippen molar-refractivity contribution in [1.29, 1.82) is 0 Å². The molecule has 0 radical (unpaired) electrons. The number of benzene rings is 2. The molecule has 20 heavy (non-hydrogen) atoms. The van der Waals surface area contributed by atoms with Gasteiger partial charge in [0.1, 0.15) is 5.82 Å². The Kier molecular flexibility index (Phi) is 2.60. The van der Waals surface area contributed by atoms with Gasteiger partial charge in [0.15, 0.2) is 0 Å². The molecule has 0 N–H and O–H groups in total. The number of pyridine rings is 1. The van der Waals surface area contributed by atoms with Crippen LogP contribution in [0.1, 0.15) is 0 Å². The molecule has 4 rings (SSSR count). The maximum absolute atomic E-state index is 4.60. The third kappa shape index (κ3) is 1.67. The second kappa shape index (κ2) is 4.46. The van der Waals surface area contributed by atoms with Gasteiger partial charge in [-0.3, -0.25) is 4.40 Å². The van der Waals surface area contributed by atoms with Crippen LogP contribution < -0.4 is 0 Å². The molecule has 0 saturated carbocycles. The number of imidazole rings is 1. The highest BCUT2D eigenvalue weighted by Gasteiger charge is 2.10. The standard InChI is InChI=1S/C17H11BrN2/c18-15-8-4-7-12-9-10-14-11-19-17(20(14)16(12)15)13-5-2-1-3-6-13/h1-11H. The van der Waals surface area contributed by atoms with Crippen LogP contribution in [-0.4, -0.2) is 9.38 Å². The average molecular weight is 323 g/mol. The first kappa shape index (κ1) is 11.7. The first-order chi connectivity index (χ1) is 9.84. The highest BCUT2D eigenvalue weighted by atomic mass is 79.9. The van der Waals surface area contributed by atoms with E-state index < -0.39 is 0 Å². The minimum atomic E-state index is 0.970. The van der Waals surface area contributed by atoms with E-state index in [0.717, 1.165) is 26.9 Å². The number of fused-ring (bicyclic) bond motifs is 3. The molecule has 0 unspecified atom stereocenters. The van der Waals surface area contributed by atoms with Gasteiger partial charge in [-0.15, -0.1) is 0 Å². The zero-order chi connectivity index (χ0) is 13.5. The van der Waals surface area contributed by atoms with Gasteiger partial charge < -0.3 is 0 Å². The summed E-state index contributed by atoms with van der Waals surface area (Å²) in [6, 6.07) is 20.7. The highest BCUT2D eigenvalue weighted by Crippen LogP contribution is 2.29. The third-order valence-corrected chi connectivity index (χ3v) is 4.14. The molecule has 0 saturated heterocycles. The summed E-state index contributed by atoms with van der Waals surface area (Å²) in [7, 11) is 0. The molecule has 96 valence electrons. The number of para-hydroxylation sites is 1. The Morgan fingerprint density at radius 1 is 0.850 bits per heavy atom. The lowest BCUT2D eigenvalue weighted by Gasteiger charge is -2.08. The Hall–Kier alpha value is -2.13. The summed E-state index contributed by atoms with van der Waals surface area (Å²) < 4.78 is 3.28. The molecular weight excluding hydrogens is 312 g/mol. The smallest absolute Gasteiger partial charge is 0.145 e. The second-order valence-corrected chi connectivity index (χ2v) is 5.57. The van der Waals surface area contributed by atoms with Gasteiger partial charge in [-0.05, 0) is 33.4 Å². The van der Waals surface area contributed by atoms with Crippen molar-refractivity contribution in [2.75, 3.05) is 0 Å². The molecule has 0 atom stereocenters. The summed E-state index contributed by atoms with van der Waals surface area (Å²) in [5.41, 5.74) is 3.38. The number of hydrogen-bond acceptors (Lipinski definition) is 1. The molecule has 2 aromatic carbocycles. The molecule has 0 aliphatic carbocycles. The van der Waals surface area contributed by atoms with Gasteiger partial charge in [0, 0.05) is 10.0 Å². The zero-order valence-corrected chi connectivity index (χ0v) is 12.2. The molecule has 0 bridgehead atoms. The van der Waals surface area contributed by atoms with Gasteiger partial charge in [0.2, 0.25) is 0 Å². The van der Waals surface area contributed by atoms with E-state index in [4.69, 9.17) is 0 Å². The fourth-order valence-corrected chi connectivity index (χ4v) is 3.14. The maximum Gasteiger partial charge on any atom is 0.145 e. The van der Waals surface area contributed by atoms with Gasteiger partial charge in [0.25, 0.3) is 0 Å². The van der Waals surface area contributed by atoms with E-state index in [9.17, 15) is 0 Å². The fourth-order valence-electron chi connectivity index (χ4n) is 2.59. The summed E-state index contributed by atoms with van der Waals surface area (Å²) in [6.45, 7) is 0. The van der Waals surface area contributed by atoms with Crippen LogP contribution in [0.2, 0.25) is 0 Å².